The zero-order chi connectivity index (χ0) is 11.5. The minimum Gasteiger partial charge on any atom is -0.395 e. The van der Waals surface area contributed by atoms with E-state index in [1.807, 2.05) is 0 Å². The molecule has 0 heterocycles. The molecule has 1 aliphatic rings. The van der Waals surface area contributed by atoms with Crippen LogP contribution < -0.4 is 11.1 Å². The summed E-state index contributed by atoms with van der Waals surface area (Å²) in [6.45, 7) is 1.75. The van der Waals surface area contributed by atoms with Crippen molar-refractivity contribution in [2.45, 2.75) is 18.9 Å². The van der Waals surface area contributed by atoms with Crippen LogP contribution in [-0.4, -0.2) is 31.1 Å². The highest BCUT2D eigenvalue weighted by Gasteiger charge is 2.25. The van der Waals surface area contributed by atoms with Gasteiger partial charge in [-0.15, -0.1) is 0 Å². The summed E-state index contributed by atoms with van der Waals surface area (Å²) in [7, 11) is 2.12. The number of nitrogens with two attached hydrogens (primary N) is 1. The molecule has 0 aromatic heterocycles. The van der Waals surface area contributed by atoms with E-state index in [9.17, 15) is 4.39 Å². The summed E-state index contributed by atoms with van der Waals surface area (Å²) in [5.74, 6) is -0.361. The second-order valence-electron chi connectivity index (χ2n) is 4.34. The van der Waals surface area contributed by atoms with Crippen molar-refractivity contribution in [1.82, 2.24) is 4.90 Å². The summed E-state index contributed by atoms with van der Waals surface area (Å²) >= 11 is 0. The van der Waals surface area contributed by atoms with Crippen molar-refractivity contribution in [3.63, 3.8) is 0 Å². The van der Waals surface area contributed by atoms with Gasteiger partial charge in [0.25, 0.3) is 0 Å². The lowest BCUT2D eigenvalue weighted by molar-refractivity contribution is 0.337. The van der Waals surface area contributed by atoms with E-state index in [2.05, 4.69) is 17.3 Å². The average Bonchev–Trinajstić information content (AvgIpc) is 3.07. The maximum absolute atomic E-state index is 13.1. The van der Waals surface area contributed by atoms with Crippen LogP contribution >= 0.6 is 0 Å². The maximum atomic E-state index is 13.1. The smallest absolute Gasteiger partial charge is 0.148 e. The summed E-state index contributed by atoms with van der Waals surface area (Å²) < 4.78 is 13.1. The second-order valence-corrected chi connectivity index (χ2v) is 4.34. The second kappa shape index (κ2) is 4.70. The number of hydrogen-bond acceptors (Lipinski definition) is 3. The van der Waals surface area contributed by atoms with Crippen LogP contribution in [0, 0.1) is 5.82 Å². The fourth-order valence-electron chi connectivity index (χ4n) is 1.76. The average molecular weight is 223 g/mol. The zero-order valence-corrected chi connectivity index (χ0v) is 9.54. The molecule has 1 aromatic rings. The zero-order valence-electron chi connectivity index (χ0n) is 9.54. The molecule has 3 nitrogen and oxygen atoms in total. The number of rotatable bonds is 5. The Morgan fingerprint density at radius 1 is 1.50 bits per heavy atom. The molecule has 1 aliphatic carbocycles. The van der Waals surface area contributed by atoms with Crippen LogP contribution in [0.1, 0.15) is 12.8 Å². The molecule has 0 aliphatic heterocycles. The summed E-state index contributed by atoms with van der Waals surface area (Å²) in [5, 5.41) is 3.16. The van der Waals surface area contributed by atoms with Crippen LogP contribution in [0.5, 0.6) is 0 Å². The molecular formula is C12H18FN3. The van der Waals surface area contributed by atoms with Gasteiger partial charge in [-0.05, 0) is 32.0 Å². The number of para-hydroxylation sites is 1. The van der Waals surface area contributed by atoms with Crippen molar-refractivity contribution in [2.75, 3.05) is 31.2 Å². The molecule has 0 spiro atoms. The van der Waals surface area contributed by atoms with Crippen LogP contribution in [-0.2, 0) is 0 Å². The van der Waals surface area contributed by atoms with Crippen molar-refractivity contribution in [2.24, 2.45) is 0 Å². The van der Waals surface area contributed by atoms with Crippen LogP contribution in [0.25, 0.3) is 0 Å². The van der Waals surface area contributed by atoms with E-state index in [-0.39, 0.29) is 11.5 Å². The minimum atomic E-state index is -0.361. The Labute approximate surface area is 95.4 Å². The van der Waals surface area contributed by atoms with E-state index in [4.69, 9.17) is 5.73 Å². The Morgan fingerprint density at radius 2 is 2.25 bits per heavy atom. The van der Waals surface area contributed by atoms with Crippen LogP contribution in [0.3, 0.4) is 0 Å². The van der Waals surface area contributed by atoms with Crippen molar-refractivity contribution in [3.8, 4) is 0 Å². The Bertz CT molecular complexity index is 363. The topological polar surface area (TPSA) is 41.3 Å². The van der Waals surface area contributed by atoms with E-state index in [0.29, 0.717) is 5.69 Å². The molecule has 0 unspecified atom stereocenters. The Hall–Kier alpha value is -1.29. The molecule has 1 saturated carbocycles. The number of nitrogens with one attached hydrogen (secondary N) is 1. The lowest BCUT2D eigenvalue weighted by Crippen LogP contribution is -2.27. The van der Waals surface area contributed by atoms with Crippen LogP contribution in [0.4, 0.5) is 15.8 Å². The standard InChI is InChI=1S/C12H18FN3/c1-16(9-5-6-9)8-7-15-11-4-2-3-10(13)12(11)14/h2-4,9,15H,5-8,14H2,1H3. The molecule has 0 radical (unpaired) electrons. The summed E-state index contributed by atoms with van der Waals surface area (Å²) in [4.78, 5) is 2.32. The monoisotopic (exact) mass is 223 g/mol. The number of hydrogen-bond donors (Lipinski definition) is 2. The predicted molar refractivity (Wildman–Crippen MR) is 65.0 cm³/mol. The first-order chi connectivity index (χ1) is 7.68. The molecule has 4 heteroatoms. The van der Waals surface area contributed by atoms with Gasteiger partial charge < -0.3 is 16.0 Å². The molecule has 3 N–H and O–H groups in total. The highest BCUT2D eigenvalue weighted by Crippen LogP contribution is 2.25. The van der Waals surface area contributed by atoms with Crippen molar-refractivity contribution in [1.29, 1.82) is 0 Å². The van der Waals surface area contributed by atoms with Gasteiger partial charge in [-0.3, -0.25) is 0 Å². The highest BCUT2D eigenvalue weighted by atomic mass is 19.1. The van der Waals surface area contributed by atoms with E-state index in [1.165, 1.54) is 18.9 Å². The lowest BCUT2D eigenvalue weighted by Gasteiger charge is -2.17. The summed E-state index contributed by atoms with van der Waals surface area (Å²) in [6.07, 6.45) is 2.61. The number of benzene rings is 1. The third-order valence-corrected chi connectivity index (χ3v) is 3.00. The molecule has 0 saturated heterocycles. The molecule has 2 rings (SSSR count). The molecule has 0 amide bonds. The Morgan fingerprint density at radius 3 is 2.94 bits per heavy atom. The minimum absolute atomic E-state index is 0.205. The van der Waals surface area contributed by atoms with E-state index in [1.54, 1.807) is 12.1 Å². The molecule has 0 atom stereocenters. The highest BCUT2D eigenvalue weighted by molar-refractivity contribution is 5.66. The fraction of sp³-hybridized carbons (Fsp3) is 0.500. The number of nitrogen functional groups attached to an aromatic ring is 1. The molecular weight excluding hydrogens is 205 g/mol. The Kier molecular flexibility index (Phi) is 3.29. The third kappa shape index (κ3) is 2.64. The lowest BCUT2D eigenvalue weighted by atomic mass is 10.2. The van der Waals surface area contributed by atoms with E-state index in [0.717, 1.165) is 19.1 Å². The van der Waals surface area contributed by atoms with Gasteiger partial charge in [0.05, 0.1) is 11.4 Å². The van der Waals surface area contributed by atoms with Gasteiger partial charge in [0.15, 0.2) is 0 Å². The van der Waals surface area contributed by atoms with Crippen LogP contribution in [0.2, 0.25) is 0 Å². The number of nitrogens with zero attached hydrogens (tertiary/aromatic N) is 1. The maximum Gasteiger partial charge on any atom is 0.148 e. The first kappa shape index (κ1) is 11.2. The summed E-state index contributed by atoms with van der Waals surface area (Å²) in [5.41, 5.74) is 6.51. The Balaban J connectivity index is 1.82. The van der Waals surface area contributed by atoms with Crippen LogP contribution in [0.15, 0.2) is 18.2 Å². The largest absolute Gasteiger partial charge is 0.395 e. The van der Waals surface area contributed by atoms with Crippen molar-refractivity contribution in [3.05, 3.63) is 24.0 Å². The molecule has 1 aromatic carbocycles. The molecule has 0 bridgehead atoms. The quantitative estimate of drug-likeness (QED) is 0.749. The molecule has 1 fully saturated rings. The van der Waals surface area contributed by atoms with Gasteiger partial charge in [-0.25, -0.2) is 4.39 Å². The van der Waals surface area contributed by atoms with Gasteiger partial charge in [0.2, 0.25) is 0 Å². The van der Waals surface area contributed by atoms with Gasteiger partial charge in [0.1, 0.15) is 5.82 Å². The van der Waals surface area contributed by atoms with E-state index >= 15 is 0 Å². The first-order valence-corrected chi connectivity index (χ1v) is 5.66. The first-order valence-electron chi connectivity index (χ1n) is 5.66. The number of likely N-dealkylation sites (N-methyl/N-ethyl adjacent to an activating group) is 1. The molecule has 16 heavy (non-hydrogen) atoms. The number of halogens is 1. The van der Waals surface area contributed by atoms with Gasteiger partial charge >= 0.3 is 0 Å². The van der Waals surface area contributed by atoms with Crippen molar-refractivity contribution < 1.29 is 4.39 Å². The van der Waals surface area contributed by atoms with Gasteiger partial charge in [0, 0.05) is 19.1 Å². The normalized spacial score (nSPS) is 15.4. The van der Waals surface area contributed by atoms with Crippen molar-refractivity contribution >= 4 is 11.4 Å². The predicted octanol–water partition coefficient (Wildman–Crippen LogP) is 1.91. The molecule has 88 valence electrons. The third-order valence-electron chi connectivity index (χ3n) is 3.00. The summed E-state index contributed by atoms with van der Waals surface area (Å²) in [6, 6.07) is 5.59. The van der Waals surface area contributed by atoms with E-state index < -0.39 is 0 Å². The van der Waals surface area contributed by atoms with Gasteiger partial charge in [-0.1, -0.05) is 6.07 Å². The fourth-order valence-corrected chi connectivity index (χ4v) is 1.76. The SMILES string of the molecule is CN(CCNc1cccc(F)c1N)C1CC1. The number of anilines is 2. The van der Waals surface area contributed by atoms with Gasteiger partial charge in [-0.2, -0.15) is 0 Å².